The van der Waals surface area contributed by atoms with Gasteiger partial charge in [0, 0.05) is 31.9 Å². The Morgan fingerprint density at radius 1 is 1.61 bits per heavy atom. The van der Waals surface area contributed by atoms with Crippen molar-refractivity contribution in [1.82, 2.24) is 14.9 Å². The predicted octanol–water partition coefficient (Wildman–Crippen LogP) is 0.834. The van der Waals surface area contributed by atoms with Gasteiger partial charge in [0.1, 0.15) is 0 Å². The number of hydrogen-bond donors (Lipinski definition) is 2. The normalized spacial score (nSPS) is 33.3. The summed E-state index contributed by atoms with van der Waals surface area (Å²) in [5.74, 6) is 0. The Bertz CT molecular complexity index is 412. The quantitative estimate of drug-likeness (QED) is 0.817. The summed E-state index contributed by atoms with van der Waals surface area (Å²) in [5.41, 5.74) is 1.93. The van der Waals surface area contributed by atoms with E-state index in [1.165, 1.54) is 0 Å². The lowest BCUT2D eigenvalue weighted by Gasteiger charge is -2.42. The van der Waals surface area contributed by atoms with E-state index in [0.29, 0.717) is 6.54 Å². The fraction of sp³-hybridized carbons (Fsp3) is 0.769. The second-order valence-corrected chi connectivity index (χ2v) is 5.49. The van der Waals surface area contributed by atoms with Gasteiger partial charge in [-0.25, -0.2) is 4.98 Å². The third-order valence-corrected chi connectivity index (χ3v) is 4.33. The number of nitrogens with one attached hydrogen (secondary N) is 1. The molecule has 5 heteroatoms. The van der Waals surface area contributed by atoms with E-state index in [2.05, 4.69) is 14.9 Å². The molecule has 1 aromatic rings. The van der Waals surface area contributed by atoms with Crippen LogP contribution in [0.4, 0.5) is 0 Å². The second kappa shape index (κ2) is 4.64. The van der Waals surface area contributed by atoms with Crippen LogP contribution in [-0.2, 0) is 11.3 Å². The van der Waals surface area contributed by atoms with Gasteiger partial charge >= 0.3 is 0 Å². The largest absolute Gasteiger partial charge is 0.389 e. The Morgan fingerprint density at radius 2 is 2.50 bits per heavy atom. The summed E-state index contributed by atoms with van der Waals surface area (Å²) < 4.78 is 5.80. The van der Waals surface area contributed by atoms with Gasteiger partial charge in [0.25, 0.3) is 0 Å². The number of rotatable bonds is 2. The van der Waals surface area contributed by atoms with Crippen LogP contribution in [-0.4, -0.2) is 51.4 Å². The maximum Gasteiger partial charge on any atom is 0.0965 e. The molecule has 18 heavy (non-hydrogen) atoms. The zero-order valence-corrected chi connectivity index (χ0v) is 10.9. The van der Waals surface area contributed by atoms with Crippen LogP contribution in [0.25, 0.3) is 0 Å². The molecule has 2 aliphatic rings. The van der Waals surface area contributed by atoms with Crippen LogP contribution >= 0.6 is 0 Å². The highest BCUT2D eigenvalue weighted by atomic mass is 16.5. The average Bonchev–Trinajstić information content (AvgIpc) is 2.96. The standard InChI is InChI=1S/C13H21N3O2/c1-10-11(15-9-14-10)7-16-5-4-13(12(17)8-16)3-2-6-18-13/h9,12,17H,2-8H2,1H3,(H,14,15)/t12-,13-/m0/s1. The molecule has 3 heterocycles. The van der Waals surface area contributed by atoms with Gasteiger partial charge in [-0.3, -0.25) is 4.90 Å². The molecule has 2 atom stereocenters. The van der Waals surface area contributed by atoms with E-state index in [1.807, 2.05) is 6.92 Å². The number of imidazole rings is 1. The minimum absolute atomic E-state index is 0.253. The van der Waals surface area contributed by atoms with Crippen LogP contribution in [0.3, 0.4) is 0 Å². The Hall–Kier alpha value is -0.910. The lowest BCUT2D eigenvalue weighted by atomic mass is 9.86. The van der Waals surface area contributed by atoms with E-state index in [0.717, 1.165) is 50.3 Å². The molecule has 2 aliphatic heterocycles. The zero-order chi connectivity index (χ0) is 12.6. The number of aromatic nitrogens is 2. The minimum atomic E-state index is -0.368. The molecule has 0 unspecified atom stereocenters. The van der Waals surface area contributed by atoms with Crippen molar-refractivity contribution in [3.05, 3.63) is 17.7 Å². The number of ether oxygens (including phenoxy) is 1. The summed E-state index contributed by atoms with van der Waals surface area (Å²) in [4.78, 5) is 9.67. The van der Waals surface area contributed by atoms with Gasteiger partial charge < -0.3 is 14.8 Å². The van der Waals surface area contributed by atoms with Crippen LogP contribution in [0.5, 0.6) is 0 Å². The molecule has 100 valence electrons. The molecule has 2 N–H and O–H groups in total. The van der Waals surface area contributed by atoms with Crippen molar-refractivity contribution < 1.29 is 9.84 Å². The first-order valence-corrected chi connectivity index (χ1v) is 6.73. The third-order valence-electron chi connectivity index (χ3n) is 4.33. The number of piperidine rings is 1. The van der Waals surface area contributed by atoms with Gasteiger partial charge in [-0.1, -0.05) is 0 Å². The molecule has 2 saturated heterocycles. The molecule has 5 nitrogen and oxygen atoms in total. The molecule has 1 spiro atoms. The van der Waals surface area contributed by atoms with Crippen molar-refractivity contribution in [2.45, 2.75) is 44.4 Å². The molecule has 0 aromatic carbocycles. The van der Waals surface area contributed by atoms with Crippen molar-refractivity contribution in [1.29, 1.82) is 0 Å². The Kier molecular flexibility index (Phi) is 3.13. The third kappa shape index (κ3) is 2.06. The minimum Gasteiger partial charge on any atom is -0.389 e. The molecule has 0 bridgehead atoms. The topological polar surface area (TPSA) is 61.4 Å². The number of nitrogens with zero attached hydrogens (tertiary/aromatic N) is 2. The van der Waals surface area contributed by atoms with Crippen molar-refractivity contribution in [2.75, 3.05) is 19.7 Å². The van der Waals surface area contributed by atoms with Crippen molar-refractivity contribution in [2.24, 2.45) is 0 Å². The fourth-order valence-electron chi connectivity index (χ4n) is 3.10. The summed E-state index contributed by atoms with van der Waals surface area (Å²) in [6.07, 6.45) is 4.37. The molecule has 1 aromatic heterocycles. The number of aromatic amines is 1. The van der Waals surface area contributed by atoms with E-state index >= 15 is 0 Å². The number of hydrogen-bond acceptors (Lipinski definition) is 4. The van der Waals surface area contributed by atoms with Gasteiger partial charge in [0.15, 0.2) is 0 Å². The highest BCUT2D eigenvalue weighted by Gasteiger charge is 2.45. The van der Waals surface area contributed by atoms with Gasteiger partial charge in [-0.15, -0.1) is 0 Å². The highest BCUT2D eigenvalue weighted by Crippen LogP contribution is 2.36. The number of β-amino-alcohol motifs (C(OH)–C–C–N with tert-alkyl or cyclic N) is 1. The van der Waals surface area contributed by atoms with Crippen LogP contribution in [0, 0.1) is 6.92 Å². The monoisotopic (exact) mass is 251 g/mol. The second-order valence-electron chi connectivity index (χ2n) is 5.49. The lowest BCUT2D eigenvalue weighted by molar-refractivity contribution is -0.130. The lowest BCUT2D eigenvalue weighted by Crippen LogP contribution is -2.54. The summed E-state index contributed by atoms with van der Waals surface area (Å²) in [7, 11) is 0. The SMILES string of the molecule is Cc1[nH]cnc1CN1CC[C@@]2(CCCO2)[C@@H](O)C1. The number of aliphatic hydroxyl groups excluding tert-OH is 1. The van der Waals surface area contributed by atoms with Gasteiger partial charge in [-0.2, -0.15) is 0 Å². The van der Waals surface area contributed by atoms with Crippen molar-refractivity contribution in [3.63, 3.8) is 0 Å². The summed E-state index contributed by atoms with van der Waals surface area (Å²) >= 11 is 0. The maximum atomic E-state index is 10.3. The first-order chi connectivity index (χ1) is 8.70. The van der Waals surface area contributed by atoms with Gasteiger partial charge in [-0.05, 0) is 26.2 Å². The van der Waals surface area contributed by atoms with E-state index in [1.54, 1.807) is 6.33 Å². The molecule has 3 rings (SSSR count). The Morgan fingerprint density at radius 3 is 3.11 bits per heavy atom. The first kappa shape index (κ1) is 12.1. The van der Waals surface area contributed by atoms with Crippen LogP contribution in [0.15, 0.2) is 6.33 Å². The zero-order valence-electron chi connectivity index (χ0n) is 10.9. The van der Waals surface area contributed by atoms with E-state index < -0.39 is 0 Å². The van der Waals surface area contributed by atoms with E-state index in [4.69, 9.17) is 4.74 Å². The summed E-state index contributed by atoms with van der Waals surface area (Å²) in [6, 6.07) is 0. The maximum absolute atomic E-state index is 10.3. The first-order valence-electron chi connectivity index (χ1n) is 6.73. The van der Waals surface area contributed by atoms with Crippen LogP contribution in [0.1, 0.15) is 30.7 Å². The summed E-state index contributed by atoms with van der Waals surface area (Å²) in [5, 5.41) is 10.3. The molecular weight excluding hydrogens is 230 g/mol. The fourth-order valence-corrected chi connectivity index (χ4v) is 3.10. The van der Waals surface area contributed by atoms with Gasteiger partial charge in [0.2, 0.25) is 0 Å². The molecule has 0 aliphatic carbocycles. The molecular formula is C13H21N3O2. The van der Waals surface area contributed by atoms with Crippen molar-refractivity contribution in [3.8, 4) is 0 Å². The number of aryl methyl sites for hydroxylation is 1. The van der Waals surface area contributed by atoms with E-state index in [9.17, 15) is 5.11 Å². The van der Waals surface area contributed by atoms with Crippen LogP contribution in [0.2, 0.25) is 0 Å². The number of aliphatic hydroxyl groups is 1. The number of likely N-dealkylation sites (tertiary alicyclic amines) is 1. The Labute approximate surface area is 107 Å². The molecule has 2 fully saturated rings. The molecule has 0 amide bonds. The molecule has 0 radical (unpaired) electrons. The Balaban J connectivity index is 1.63. The van der Waals surface area contributed by atoms with Crippen LogP contribution < -0.4 is 0 Å². The predicted molar refractivity (Wildman–Crippen MR) is 67.1 cm³/mol. The smallest absolute Gasteiger partial charge is 0.0965 e. The average molecular weight is 251 g/mol. The number of H-pyrrole nitrogens is 1. The van der Waals surface area contributed by atoms with Crippen molar-refractivity contribution >= 4 is 0 Å². The molecule has 0 saturated carbocycles. The highest BCUT2D eigenvalue weighted by molar-refractivity contribution is 5.09. The van der Waals surface area contributed by atoms with Gasteiger partial charge in [0.05, 0.1) is 23.7 Å². The summed E-state index contributed by atoms with van der Waals surface area (Å²) in [6.45, 7) is 5.30. The van der Waals surface area contributed by atoms with E-state index in [-0.39, 0.29) is 11.7 Å².